The third-order valence-electron chi connectivity index (χ3n) is 7.15. The molecule has 1 aliphatic rings. The first kappa shape index (κ1) is 31.2. The van der Waals surface area contributed by atoms with Crippen molar-refractivity contribution in [1.82, 2.24) is 9.88 Å². The summed E-state index contributed by atoms with van der Waals surface area (Å²) < 4.78 is 46.1. The fourth-order valence-corrected chi connectivity index (χ4v) is 4.95. The Labute approximate surface area is 258 Å². The molecule has 1 atom stereocenters. The summed E-state index contributed by atoms with van der Waals surface area (Å²) in [5, 5.41) is 3.15. The first-order valence-corrected chi connectivity index (χ1v) is 14.5. The van der Waals surface area contributed by atoms with Crippen LogP contribution in [-0.4, -0.2) is 53.5 Å². The zero-order valence-corrected chi connectivity index (χ0v) is 25.2. The van der Waals surface area contributed by atoms with Gasteiger partial charge in [-0.15, -0.1) is 0 Å². The Bertz CT molecular complexity index is 1750. The summed E-state index contributed by atoms with van der Waals surface area (Å²) in [4.78, 5) is 46.4. The van der Waals surface area contributed by atoms with Crippen LogP contribution in [0, 0.1) is 17.6 Å². The molecule has 1 fully saturated rings. The second kappa shape index (κ2) is 13.2. The molecule has 1 aliphatic heterocycles. The van der Waals surface area contributed by atoms with E-state index in [1.165, 1.54) is 35.4 Å². The Morgan fingerprint density at radius 2 is 1.62 bits per heavy atom. The minimum atomic E-state index is -1.29. The van der Waals surface area contributed by atoms with E-state index in [0.29, 0.717) is 41.4 Å². The van der Waals surface area contributed by atoms with Crippen LogP contribution in [0.15, 0.2) is 66.9 Å². The predicted octanol–water partition coefficient (Wildman–Crippen LogP) is 6.53. The van der Waals surface area contributed by atoms with Crippen molar-refractivity contribution in [1.29, 1.82) is 0 Å². The van der Waals surface area contributed by atoms with E-state index >= 15 is 4.39 Å². The average Bonchev–Trinajstić information content (AvgIpc) is 3.00. The number of nitrogens with zero attached hydrogens (tertiary/aromatic N) is 3. The number of fused-ring (bicyclic) bond motifs is 1. The number of carbonyl (C=O) groups is 3. The van der Waals surface area contributed by atoms with E-state index < -0.39 is 35.4 Å². The topological polar surface area (TPSA) is 110 Å². The highest BCUT2D eigenvalue weighted by atomic mass is 19.1. The summed E-state index contributed by atoms with van der Waals surface area (Å²) in [5.74, 6) is -2.86. The van der Waals surface area contributed by atoms with Crippen LogP contribution in [0.3, 0.4) is 0 Å². The molecule has 3 aromatic carbocycles. The number of hydrogen-bond donors (Lipinski definition) is 1. The molecule has 1 N–H and O–H groups in total. The second-order valence-corrected chi connectivity index (χ2v) is 10.5. The van der Waals surface area contributed by atoms with Crippen molar-refractivity contribution in [3.63, 3.8) is 0 Å². The maximum Gasteiger partial charge on any atom is 0.331 e. The molecule has 0 bridgehead atoms. The number of carbonyl (C=O) groups excluding carboxylic acids is 3. The second-order valence-electron chi connectivity index (χ2n) is 10.5. The molecule has 0 spiro atoms. The Kier molecular flexibility index (Phi) is 9.12. The molecule has 12 heteroatoms. The van der Waals surface area contributed by atoms with Crippen molar-refractivity contribution in [3.05, 3.63) is 78.5 Å². The van der Waals surface area contributed by atoms with Gasteiger partial charge in [0.05, 0.1) is 24.4 Å². The van der Waals surface area contributed by atoms with E-state index in [0.717, 1.165) is 23.1 Å². The summed E-state index contributed by atoms with van der Waals surface area (Å²) >= 11 is 0. The number of halogens is 2. The van der Waals surface area contributed by atoms with Gasteiger partial charge in [0.1, 0.15) is 17.5 Å². The molecule has 1 aromatic heterocycles. The zero-order chi connectivity index (χ0) is 32.2. The molecule has 1 unspecified atom stereocenters. The number of amides is 4. The molecule has 10 nitrogen and oxygen atoms in total. The van der Waals surface area contributed by atoms with Crippen molar-refractivity contribution in [2.75, 3.05) is 30.0 Å². The van der Waals surface area contributed by atoms with Gasteiger partial charge in [0.25, 0.3) is 0 Å². The third-order valence-corrected chi connectivity index (χ3v) is 7.15. The van der Waals surface area contributed by atoms with E-state index in [1.54, 1.807) is 32.0 Å². The molecule has 4 aromatic rings. The maximum absolute atomic E-state index is 15.3. The fourth-order valence-electron chi connectivity index (χ4n) is 4.95. The normalized spacial score (nSPS) is 15.0. The molecule has 0 aliphatic carbocycles. The molecule has 1 saturated heterocycles. The zero-order valence-electron chi connectivity index (χ0n) is 25.2. The van der Waals surface area contributed by atoms with Gasteiger partial charge in [-0.3, -0.25) is 14.6 Å². The van der Waals surface area contributed by atoms with Crippen molar-refractivity contribution in [3.8, 4) is 23.0 Å². The first-order valence-electron chi connectivity index (χ1n) is 14.5. The van der Waals surface area contributed by atoms with Gasteiger partial charge in [-0.05, 0) is 76.2 Å². The van der Waals surface area contributed by atoms with E-state index in [1.807, 2.05) is 13.8 Å². The number of urea groups is 1. The number of pyridine rings is 1. The predicted molar refractivity (Wildman–Crippen MR) is 164 cm³/mol. The number of rotatable bonds is 10. The number of aromatic nitrogens is 1. The standard InChI is InChI=1S/C33H32F2N4O6/c1-5-43-29-16-23-26(17-30(29)44-6-2)36-14-13-27(23)45-28-12-9-21(15-25(28)35)37-31(40)24-18-38(19(3)4)33(42)39(32(24)41)22-10-7-20(34)8-11-22/h7-17,19,24H,5-6,18H2,1-4H3,(H,37,40). The lowest BCUT2D eigenvalue weighted by molar-refractivity contribution is -0.132. The Morgan fingerprint density at radius 3 is 2.27 bits per heavy atom. The van der Waals surface area contributed by atoms with Crippen LogP contribution in [0.5, 0.6) is 23.0 Å². The molecular weight excluding hydrogens is 586 g/mol. The van der Waals surface area contributed by atoms with Crippen LogP contribution < -0.4 is 24.4 Å². The summed E-state index contributed by atoms with van der Waals surface area (Å²) in [5.41, 5.74) is 0.774. The van der Waals surface area contributed by atoms with Crippen molar-refractivity contribution in [2.24, 2.45) is 5.92 Å². The maximum atomic E-state index is 15.3. The quantitative estimate of drug-likeness (QED) is 0.201. The molecule has 0 radical (unpaired) electrons. The summed E-state index contributed by atoms with van der Waals surface area (Å²) in [6.07, 6.45) is 1.53. The van der Waals surface area contributed by atoms with E-state index in [9.17, 15) is 18.8 Å². The number of imide groups is 1. The molecule has 0 saturated carbocycles. The number of hydrogen-bond acceptors (Lipinski definition) is 7. The molecule has 4 amide bonds. The van der Waals surface area contributed by atoms with Gasteiger partial charge in [-0.1, -0.05) is 0 Å². The van der Waals surface area contributed by atoms with E-state index in [2.05, 4.69) is 10.3 Å². The van der Waals surface area contributed by atoms with Crippen LogP contribution in [0.4, 0.5) is 25.0 Å². The Balaban J connectivity index is 1.37. The summed E-state index contributed by atoms with van der Waals surface area (Å²) in [6.45, 7) is 7.88. The molecule has 45 heavy (non-hydrogen) atoms. The lowest BCUT2D eigenvalue weighted by atomic mass is 10.0. The van der Waals surface area contributed by atoms with E-state index in [4.69, 9.17) is 14.2 Å². The van der Waals surface area contributed by atoms with Gasteiger partial charge in [-0.25, -0.2) is 18.5 Å². The van der Waals surface area contributed by atoms with E-state index in [-0.39, 0.29) is 29.7 Å². The molecular formula is C33H32F2N4O6. The Hall–Kier alpha value is -5.26. The van der Waals surface area contributed by atoms with Gasteiger partial charge in [0.2, 0.25) is 11.8 Å². The lowest BCUT2D eigenvalue weighted by Gasteiger charge is -2.39. The van der Waals surface area contributed by atoms with Crippen molar-refractivity contribution in [2.45, 2.75) is 33.7 Å². The SMILES string of the molecule is CCOc1cc2nccc(Oc3ccc(NC(=O)C4CN(C(C)C)C(=O)N(c5ccc(F)cc5)C4=O)cc3F)c2cc1OCC. The van der Waals surface area contributed by atoms with Crippen LogP contribution in [0.2, 0.25) is 0 Å². The van der Waals surface area contributed by atoms with Gasteiger partial charge in [0.15, 0.2) is 23.1 Å². The first-order chi connectivity index (χ1) is 21.6. The smallest absolute Gasteiger partial charge is 0.331 e. The Morgan fingerprint density at radius 1 is 0.933 bits per heavy atom. The number of benzene rings is 3. The number of nitrogens with one attached hydrogen (secondary N) is 1. The van der Waals surface area contributed by atoms with Gasteiger partial charge < -0.3 is 24.4 Å². The summed E-state index contributed by atoms with van der Waals surface area (Å²) in [7, 11) is 0. The van der Waals surface area contributed by atoms with Crippen LogP contribution in [0.25, 0.3) is 10.9 Å². The highest BCUT2D eigenvalue weighted by Crippen LogP contribution is 2.38. The fraction of sp³-hybridized carbons (Fsp3) is 0.273. The number of anilines is 2. The number of ether oxygens (including phenoxy) is 3. The van der Waals surface area contributed by atoms with Crippen molar-refractivity contribution >= 4 is 40.1 Å². The minimum Gasteiger partial charge on any atom is -0.490 e. The van der Waals surface area contributed by atoms with Gasteiger partial charge >= 0.3 is 6.03 Å². The van der Waals surface area contributed by atoms with Gasteiger partial charge in [-0.2, -0.15) is 0 Å². The summed E-state index contributed by atoms with van der Waals surface area (Å²) in [6, 6.07) is 12.8. The average molecular weight is 619 g/mol. The minimum absolute atomic E-state index is 0.0820. The van der Waals surface area contributed by atoms with Crippen LogP contribution in [-0.2, 0) is 9.59 Å². The van der Waals surface area contributed by atoms with Crippen LogP contribution >= 0.6 is 0 Å². The highest BCUT2D eigenvalue weighted by molar-refractivity contribution is 6.23. The molecule has 5 rings (SSSR count). The van der Waals surface area contributed by atoms with Crippen molar-refractivity contribution < 1.29 is 37.4 Å². The monoisotopic (exact) mass is 618 g/mol. The lowest BCUT2D eigenvalue weighted by Crippen LogP contribution is -2.61. The third kappa shape index (κ3) is 6.49. The largest absolute Gasteiger partial charge is 0.490 e. The molecule has 234 valence electrons. The highest BCUT2D eigenvalue weighted by Gasteiger charge is 2.44. The van der Waals surface area contributed by atoms with Gasteiger partial charge in [0, 0.05) is 42.0 Å². The van der Waals surface area contributed by atoms with Crippen LogP contribution in [0.1, 0.15) is 27.7 Å². The molecule has 2 heterocycles.